The first-order chi connectivity index (χ1) is 9.56. The van der Waals surface area contributed by atoms with Crippen molar-refractivity contribution < 1.29 is 0 Å². The number of halogens is 2. The van der Waals surface area contributed by atoms with Gasteiger partial charge in [-0.05, 0) is 62.1 Å². The van der Waals surface area contributed by atoms with E-state index in [1.54, 1.807) is 0 Å². The lowest BCUT2D eigenvalue weighted by atomic mass is 9.71. The van der Waals surface area contributed by atoms with Crippen LogP contribution in [0.4, 0.5) is 0 Å². The summed E-state index contributed by atoms with van der Waals surface area (Å²) < 4.78 is 0. The normalized spacial score (nSPS) is 30.8. The molecule has 0 aromatic heterocycles. The minimum atomic E-state index is 0.660. The molecule has 1 saturated carbocycles. The van der Waals surface area contributed by atoms with E-state index in [4.69, 9.17) is 23.2 Å². The van der Waals surface area contributed by atoms with Crippen LogP contribution in [0.2, 0.25) is 10.0 Å². The summed E-state index contributed by atoms with van der Waals surface area (Å²) in [7, 11) is 0. The van der Waals surface area contributed by atoms with E-state index >= 15 is 0 Å². The predicted octanol–water partition coefficient (Wildman–Crippen LogP) is 5.22. The molecule has 20 heavy (non-hydrogen) atoms. The average Bonchev–Trinajstić information content (AvgIpc) is 2.86. The molecular formula is C17H23Cl2N. The topological polar surface area (TPSA) is 3.24 Å². The fourth-order valence-corrected chi connectivity index (χ4v) is 4.39. The van der Waals surface area contributed by atoms with E-state index in [1.807, 2.05) is 6.07 Å². The Labute approximate surface area is 132 Å². The minimum absolute atomic E-state index is 0.660. The van der Waals surface area contributed by atoms with E-state index in [0.29, 0.717) is 22.0 Å². The molecule has 1 aromatic carbocycles. The van der Waals surface area contributed by atoms with Gasteiger partial charge in [0.25, 0.3) is 0 Å². The van der Waals surface area contributed by atoms with Crippen LogP contribution in [-0.2, 0) is 0 Å². The summed E-state index contributed by atoms with van der Waals surface area (Å²) in [6.45, 7) is 7.14. The molecule has 0 unspecified atom stereocenters. The van der Waals surface area contributed by atoms with Crippen LogP contribution in [0.5, 0.6) is 0 Å². The molecule has 3 heteroatoms. The summed E-state index contributed by atoms with van der Waals surface area (Å²) in [5.74, 6) is 2.32. The van der Waals surface area contributed by atoms with Crippen LogP contribution in [0, 0.1) is 11.8 Å². The van der Waals surface area contributed by atoms with Crippen LogP contribution in [0.1, 0.15) is 44.6 Å². The summed E-state index contributed by atoms with van der Waals surface area (Å²) >= 11 is 12.3. The fraction of sp³-hybridized carbons (Fsp3) is 0.647. The Morgan fingerprint density at radius 1 is 1.10 bits per heavy atom. The molecule has 1 saturated heterocycles. The molecule has 1 aromatic rings. The van der Waals surface area contributed by atoms with Gasteiger partial charge >= 0.3 is 0 Å². The van der Waals surface area contributed by atoms with Crippen LogP contribution >= 0.6 is 23.2 Å². The smallest absolute Gasteiger partial charge is 0.0595 e. The van der Waals surface area contributed by atoms with Crippen molar-refractivity contribution in [2.45, 2.75) is 45.1 Å². The number of benzene rings is 1. The van der Waals surface area contributed by atoms with E-state index in [9.17, 15) is 0 Å². The Morgan fingerprint density at radius 3 is 2.60 bits per heavy atom. The van der Waals surface area contributed by atoms with E-state index < -0.39 is 0 Å². The van der Waals surface area contributed by atoms with E-state index in [0.717, 1.165) is 11.8 Å². The molecule has 110 valence electrons. The molecular weight excluding hydrogens is 289 g/mol. The van der Waals surface area contributed by atoms with E-state index in [-0.39, 0.29) is 0 Å². The minimum Gasteiger partial charge on any atom is -0.300 e. The van der Waals surface area contributed by atoms with Crippen LogP contribution in [0.25, 0.3) is 0 Å². The molecule has 1 aliphatic carbocycles. The second-order valence-electron chi connectivity index (χ2n) is 6.68. The van der Waals surface area contributed by atoms with Gasteiger partial charge in [0.2, 0.25) is 0 Å². The molecule has 0 spiro atoms. The number of nitrogens with zero attached hydrogens (tertiary/aromatic N) is 1. The standard InChI is InChI=1S/C17H23Cl2N/c1-11(2)20-9-13-4-3-5-14(15(13)10-20)12-6-7-16(18)17(19)8-12/h6-8,11,13-15H,3-5,9-10H2,1-2H3/t13-,14+,15+/m0/s1. The maximum atomic E-state index is 6.21. The highest BCUT2D eigenvalue weighted by molar-refractivity contribution is 6.42. The van der Waals surface area contributed by atoms with Crippen LogP contribution in [-0.4, -0.2) is 24.0 Å². The molecule has 3 rings (SSSR count). The quantitative estimate of drug-likeness (QED) is 0.724. The van der Waals surface area contributed by atoms with Gasteiger partial charge in [-0.25, -0.2) is 0 Å². The number of rotatable bonds is 2. The monoisotopic (exact) mass is 311 g/mol. The number of hydrogen-bond donors (Lipinski definition) is 0. The molecule has 0 N–H and O–H groups in total. The first-order valence-electron chi connectivity index (χ1n) is 7.75. The van der Waals surface area contributed by atoms with Crippen molar-refractivity contribution in [1.82, 2.24) is 4.90 Å². The maximum Gasteiger partial charge on any atom is 0.0595 e. The fourth-order valence-electron chi connectivity index (χ4n) is 4.08. The zero-order chi connectivity index (χ0) is 14.3. The Balaban J connectivity index is 1.84. The van der Waals surface area contributed by atoms with Gasteiger partial charge in [-0.15, -0.1) is 0 Å². The molecule has 0 bridgehead atoms. The Kier molecular flexibility index (Phi) is 4.31. The van der Waals surface area contributed by atoms with Crippen molar-refractivity contribution in [2.24, 2.45) is 11.8 Å². The SMILES string of the molecule is CC(C)N1C[C@@H]2CCC[C@H](c3ccc(Cl)c(Cl)c3)[C@@H]2C1. The van der Waals surface area contributed by atoms with Crippen LogP contribution in [0.15, 0.2) is 18.2 Å². The predicted molar refractivity (Wildman–Crippen MR) is 86.7 cm³/mol. The van der Waals surface area contributed by atoms with Crippen molar-refractivity contribution in [3.05, 3.63) is 33.8 Å². The maximum absolute atomic E-state index is 6.21. The average molecular weight is 312 g/mol. The van der Waals surface area contributed by atoms with Gasteiger partial charge in [0.05, 0.1) is 10.0 Å². The second-order valence-corrected chi connectivity index (χ2v) is 7.50. The molecule has 1 aliphatic heterocycles. The second kappa shape index (κ2) is 5.87. The van der Waals surface area contributed by atoms with E-state index in [1.165, 1.54) is 37.9 Å². The Bertz CT molecular complexity index is 486. The first kappa shape index (κ1) is 14.7. The molecule has 2 fully saturated rings. The zero-order valence-electron chi connectivity index (χ0n) is 12.3. The van der Waals surface area contributed by atoms with Gasteiger partial charge in [0.15, 0.2) is 0 Å². The number of likely N-dealkylation sites (tertiary alicyclic amines) is 1. The third kappa shape index (κ3) is 2.73. The highest BCUT2D eigenvalue weighted by Crippen LogP contribution is 2.46. The summed E-state index contributed by atoms with van der Waals surface area (Å²) in [5, 5.41) is 1.36. The van der Waals surface area contributed by atoms with Crippen LogP contribution < -0.4 is 0 Å². The molecule has 0 amide bonds. The first-order valence-corrected chi connectivity index (χ1v) is 8.51. The van der Waals surface area contributed by atoms with Crippen molar-refractivity contribution >= 4 is 23.2 Å². The summed E-state index contributed by atoms with van der Waals surface area (Å²) in [4.78, 5) is 2.64. The third-order valence-electron chi connectivity index (χ3n) is 5.23. The van der Waals surface area contributed by atoms with Crippen molar-refractivity contribution in [3.63, 3.8) is 0 Å². The largest absolute Gasteiger partial charge is 0.300 e. The summed E-state index contributed by atoms with van der Waals surface area (Å²) in [5.41, 5.74) is 1.39. The molecule has 1 nitrogen and oxygen atoms in total. The molecule has 1 heterocycles. The van der Waals surface area contributed by atoms with Crippen LogP contribution in [0.3, 0.4) is 0 Å². The Morgan fingerprint density at radius 2 is 1.90 bits per heavy atom. The highest BCUT2D eigenvalue weighted by atomic mass is 35.5. The number of fused-ring (bicyclic) bond motifs is 1. The van der Waals surface area contributed by atoms with Gasteiger partial charge < -0.3 is 4.90 Å². The van der Waals surface area contributed by atoms with Crippen molar-refractivity contribution in [3.8, 4) is 0 Å². The summed E-state index contributed by atoms with van der Waals surface area (Å²) in [6.07, 6.45) is 4.04. The molecule has 2 aliphatic rings. The molecule has 3 atom stereocenters. The lowest BCUT2D eigenvalue weighted by Gasteiger charge is -2.33. The van der Waals surface area contributed by atoms with Gasteiger partial charge in [0, 0.05) is 19.1 Å². The van der Waals surface area contributed by atoms with E-state index in [2.05, 4.69) is 30.9 Å². The lowest BCUT2D eigenvalue weighted by molar-refractivity contribution is 0.252. The number of hydrogen-bond acceptors (Lipinski definition) is 1. The highest BCUT2D eigenvalue weighted by Gasteiger charge is 2.41. The van der Waals surface area contributed by atoms with Gasteiger partial charge in [-0.2, -0.15) is 0 Å². The lowest BCUT2D eigenvalue weighted by Crippen LogP contribution is -2.29. The Hall–Kier alpha value is -0.240. The zero-order valence-corrected chi connectivity index (χ0v) is 13.8. The van der Waals surface area contributed by atoms with Gasteiger partial charge in [-0.3, -0.25) is 0 Å². The summed E-state index contributed by atoms with van der Waals surface area (Å²) in [6, 6.07) is 6.89. The van der Waals surface area contributed by atoms with Gasteiger partial charge in [0.1, 0.15) is 0 Å². The van der Waals surface area contributed by atoms with Gasteiger partial charge in [-0.1, -0.05) is 35.7 Å². The third-order valence-corrected chi connectivity index (χ3v) is 5.97. The molecule has 0 radical (unpaired) electrons. The van der Waals surface area contributed by atoms with Crippen molar-refractivity contribution in [2.75, 3.05) is 13.1 Å². The van der Waals surface area contributed by atoms with Crippen molar-refractivity contribution in [1.29, 1.82) is 0 Å².